The first-order chi connectivity index (χ1) is 10.0. The molecule has 0 unspecified atom stereocenters. The standard InChI is InChI=1S/C14H18N2O3S2/c17-14(15-10-6-8-21(18,19)9-10)16-12-5-7-20-13-4-2-1-3-11(12)13/h1-4,10,12H,5-9H2,(H2,15,16,17)/t10-,12-/m1/s1. The van der Waals surface area contributed by atoms with Gasteiger partial charge in [-0.1, -0.05) is 18.2 Å². The third-order valence-electron chi connectivity index (χ3n) is 3.83. The lowest BCUT2D eigenvalue weighted by atomic mass is 10.0. The van der Waals surface area contributed by atoms with Crippen molar-refractivity contribution in [3.8, 4) is 0 Å². The Labute approximate surface area is 128 Å². The van der Waals surface area contributed by atoms with E-state index >= 15 is 0 Å². The number of benzene rings is 1. The Kier molecular flexibility index (Phi) is 4.12. The van der Waals surface area contributed by atoms with Gasteiger partial charge in [-0.2, -0.15) is 0 Å². The number of thioether (sulfide) groups is 1. The Morgan fingerprint density at radius 2 is 2.00 bits per heavy atom. The first-order valence-electron chi connectivity index (χ1n) is 7.03. The number of hydrogen-bond donors (Lipinski definition) is 2. The van der Waals surface area contributed by atoms with E-state index in [1.54, 1.807) is 11.8 Å². The highest BCUT2D eigenvalue weighted by molar-refractivity contribution is 7.99. The van der Waals surface area contributed by atoms with Crippen molar-refractivity contribution in [2.45, 2.75) is 29.8 Å². The van der Waals surface area contributed by atoms with Crippen LogP contribution in [0, 0.1) is 0 Å². The summed E-state index contributed by atoms with van der Waals surface area (Å²) in [5.74, 6) is 1.19. The lowest BCUT2D eigenvalue weighted by molar-refractivity contribution is 0.233. The second kappa shape index (κ2) is 5.88. The summed E-state index contributed by atoms with van der Waals surface area (Å²) in [5.41, 5.74) is 1.14. The molecular weight excluding hydrogens is 308 g/mol. The summed E-state index contributed by atoms with van der Waals surface area (Å²) in [4.78, 5) is 13.3. The summed E-state index contributed by atoms with van der Waals surface area (Å²) in [6.45, 7) is 0. The Hall–Kier alpha value is -1.21. The van der Waals surface area contributed by atoms with Crippen LogP contribution < -0.4 is 10.6 Å². The summed E-state index contributed by atoms with van der Waals surface area (Å²) in [7, 11) is -2.97. The Morgan fingerprint density at radius 3 is 2.76 bits per heavy atom. The highest BCUT2D eigenvalue weighted by Gasteiger charge is 2.30. The number of nitrogens with one attached hydrogen (secondary N) is 2. The number of sulfone groups is 1. The number of carbonyl (C=O) groups is 1. The zero-order chi connectivity index (χ0) is 14.9. The summed E-state index contributed by atoms with van der Waals surface area (Å²) >= 11 is 1.80. The number of urea groups is 1. The highest BCUT2D eigenvalue weighted by Crippen LogP contribution is 2.35. The van der Waals surface area contributed by atoms with Gasteiger partial charge >= 0.3 is 6.03 Å². The van der Waals surface area contributed by atoms with Crippen LogP contribution in [0.4, 0.5) is 4.79 Å². The fourth-order valence-electron chi connectivity index (χ4n) is 2.79. The van der Waals surface area contributed by atoms with Crippen molar-refractivity contribution in [1.82, 2.24) is 10.6 Å². The minimum Gasteiger partial charge on any atom is -0.334 e. The topological polar surface area (TPSA) is 75.3 Å². The van der Waals surface area contributed by atoms with Crippen LogP contribution in [0.5, 0.6) is 0 Å². The number of hydrogen-bond acceptors (Lipinski definition) is 4. The van der Waals surface area contributed by atoms with Gasteiger partial charge in [0, 0.05) is 16.7 Å². The van der Waals surface area contributed by atoms with E-state index in [1.165, 1.54) is 4.90 Å². The van der Waals surface area contributed by atoms with E-state index in [0.717, 1.165) is 17.7 Å². The lowest BCUT2D eigenvalue weighted by Gasteiger charge is -2.26. The fraction of sp³-hybridized carbons (Fsp3) is 0.500. The number of carbonyl (C=O) groups excluding carboxylic acids is 1. The lowest BCUT2D eigenvalue weighted by Crippen LogP contribution is -2.44. The number of rotatable bonds is 2. The van der Waals surface area contributed by atoms with Crippen LogP contribution in [0.25, 0.3) is 0 Å². The molecule has 0 aromatic heterocycles. The van der Waals surface area contributed by atoms with Gasteiger partial charge < -0.3 is 10.6 Å². The largest absolute Gasteiger partial charge is 0.334 e. The van der Waals surface area contributed by atoms with E-state index in [0.29, 0.717) is 6.42 Å². The normalized spacial score (nSPS) is 26.9. The van der Waals surface area contributed by atoms with Gasteiger partial charge in [-0.25, -0.2) is 13.2 Å². The average molecular weight is 326 g/mol. The molecule has 2 atom stereocenters. The molecule has 2 heterocycles. The molecule has 0 radical (unpaired) electrons. The third kappa shape index (κ3) is 3.52. The van der Waals surface area contributed by atoms with Crippen LogP contribution in [0.15, 0.2) is 29.2 Å². The molecule has 2 amide bonds. The third-order valence-corrected chi connectivity index (χ3v) is 6.72. The monoisotopic (exact) mass is 326 g/mol. The van der Waals surface area contributed by atoms with Crippen LogP contribution in [0.3, 0.4) is 0 Å². The molecule has 114 valence electrons. The minimum absolute atomic E-state index is 0.000426. The average Bonchev–Trinajstić information content (AvgIpc) is 2.78. The molecule has 0 saturated carbocycles. The number of fused-ring (bicyclic) bond motifs is 1. The van der Waals surface area contributed by atoms with Crippen molar-refractivity contribution in [2.75, 3.05) is 17.3 Å². The van der Waals surface area contributed by atoms with Crippen LogP contribution in [-0.2, 0) is 9.84 Å². The second-order valence-electron chi connectivity index (χ2n) is 5.45. The van der Waals surface area contributed by atoms with Crippen molar-refractivity contribution in [3.63, 3.8) is 0 Å². The van der Waals surface area contributed by atoms with Crippen LogP contribution >= 0.6 is 11.8 Å². The van der Waals surface area contributed by atoms with E-state index in [1.807, 2.05) is 18.2 Å². The van der Waals surface area contributed by atoms with Gasteiger partial charge in [-0.05, 0) is 24.5 Å². The van der Waals surface area contributed by atoms with Crippen molar-refractivity contribution in [2.24, 2.45) is 0 Å². The van der Waals surface area contributed by atoms with Crippen LogP contribution in [-0.4, -0.2) is 37.7 Å². The van der Waals surface area contributed by atoms with E-state index in [9.17, 15) is 13.2 Å². The molecule has 2 aliphatic rings. The van der Waals surface area contributed by atoms with Crippen molar-refractivity contribution in [1.29, 1.82) is 0 Å². The van der Waals surface area contributed by atoms with Gasteiger partial charge in [0.15, 0.2) is 9.84 Å². The molecule has 1 fully saturated rings. The zero-order valence-electron chi connectivity index (χ0n) is 11.5. The van der Waals surface area contributed by atoms with E-state index < -0.39 is 9.84 Å². The van der Waals surface area contributed by atoms with Crippen molar-refractivity contribution >= 4 is 27.6 Å². The van der Waals surface area contributed by atoms with Crippen LogP contribution in [0.1, 0.15) is 24.4 Å². The van der Waals surface area contributed by atoms with Gasteiger partial charge in [0.25, 0.3) is 0 Å². The number of amides is 2. The van der Waals surface area contributed by atoms with Gasteiger partial charge in [-0.3, -0.25) is 0 Å². The van der Waals surface area contributed by atoms with Gasteiger partial charge in [0.05, 0.1) is 17.5 Å². The van der Waals surface area contributed by atoms with E-state index in [2.05, 4.69) is 16.7 Å². The molecule has 1 saturated heterocycles. The SMILES string of the molecule is O=C(N[C@@H]1CCS(=O)(=O)C1)N[C@@H]1CCSc2ccccc21. The minimum atomic E-state index is -2.97. The maximum Gasteiger partial charge on any atom is 0.315 e. The molecule has 0 spiro atoms. The van der Waals surface area contributed by atoms with Crippen molar-refractivity contribution < 1.29 is 13.2 Å². The van der Waals surface area contributed by atoms with E-state index in [4.69, 9.17) is 0 Å². The molecule has 0 aliphatic carbocycles. The maximum absolute atomic E-state index is 12.1. The first kappa shape index (κ1) is 14.7. The summed E-state index contributed by atoms with van der Waals surface area (Å²) < 4.78 is 22.8. The molecular formula is C14H18N2O3S2. The van der Waals surface area contributed by atoms with Gasteiger partial charge in [0.2, 0.25) is 0 Å². The van der Waals surface area contributed by atoms with Crippen LogP contribution in [0.2, 0.25) is 0 Å². The molecule has 2 N–H and O–H groups in total. The first-order valence-corrected chi connectivity index (χ1v) is 9.83. The predicted molar refractivity (Wildman–Crippen MR) is 83.3 cm³/mol. The Balaban J connectivity index is 1.61. The van der Waals surface area contributed by atoms with E-state index in [-0.39, 0.29) is 29.6 Å². The quantitative estimate of drug-likeness (QED) is 0.867. The maximum atomic E-state index is 12.1. The smallest absolute Gasteiger partial charge is 0.315 e. The Bertz CT molecular complexity index is 645. The molecule has 21 heavy (non-hydrogen) atoms. The zero-order valence-corrected chi connectivity index (χ0v) is 13.2. The van der Waals surface area contributed by atoms with Gasteiger partial charge in [-0.15, -0.1) is 11.8 Å². The Morgan fingerprint density at radius 1 is 1.19 bits per heavy atom. The highest BCUT2D eigenvalue weighted by atomic mass is 32.2. The predicted octanol–water partition coefficient (Wildman–Crippen LogP) is 1.71. The molecule has 5 nitrogen and oxygen atoms in total. The van der Waals surface area contributed by atoms with Crippen molar-refractivity contribution in [3.05, 3.63) is 29.8 Å². The fourth-order valence-corrected chi connectivity index (χ4v) is 5.58. The molecule has 1 aromatic rings. The summed E-state index contributed by atoms with van der Waals surface area (Å²) in [6, 6.07) is 7.53. The second-order valence-corrected chi connectivity index (χ2v) is 8.81. The molecule has 7 heteroatoms. The van der Waals surface area contributed by atoms with Gasteiger partial charge in [0.1, 0.15) is 0 Å². The molecule has 2 aliphatic heterocycles. The molecule has 3 rings (SSSR count). The summed E-state index contributed by atoms with van der Waals surface area (Å²) in [6.07, 6.45) is 1.39. The molecule has 0 bridgehead atoms. The summed E-state index contributed by atoms with van der Waals surface area (Å²) in [5, 5.41) is 5.75. The molecule has 1 aromatic carbocycles.